The number of rotatable bonds is 6. The SMILES string of the molecule is CCC(CC)CNC(=O)c1cc(S(N)(=O)=O)c(F)cc1Br. The Hall–Kier alpha value is -0.990. The van der Waals surface area contributed by atoms with Crippen molar-refractivity contribution < 1.29 is 17.6 Å². The fraction of sp³-hybridized carbons (Fsp3) is 0.462. The van der Waals surface area contributed by atoms with Gasteiger partial charge in [0.05, 0.1) is 5.56 Å². The second-order valence-electron chi connectivity index (χ2n) is 4.70. The minimum absolute atomic E-state index is 0.0337. The van der Waals surface area contributed by atoms with Crippen molar-refractivity contribution in [1.82, 2.24) is 5.32 Å². The highest BCUT2D eigenvalue weighted by Gasteiger charge is 2.20. The molecule has 3 N–H and O–H groups in total. The molecule has 118 valence electrons. The van der Waals surface area contributed by atoms with Crippen molar-refractivity contribution in [2.24, 2.45) is 11.1 Å². The highest BCUT2D eigenvalue weighted by Crippen LogP contribution is 2.24. The summed E-state index contributed by atoms with van der Waals surface area (Å²) in [6, 6.07) is 1.86. The third-order valence-corrected chi connectivity index (χ3v) is 4.86. The summed E-state index contributed by atoms with van der Waals surface area (Å²) in [6.07, 6.45) is 1.84. The maximum Gasteiger partial charge on any atom is 0.252 e. The van der Waals surface area contributed by atoms with E-state index in [1.165, 1.54) is 0 Å². The Morgan fingerprint density at radius 2 is 1.95 bits per heavy atom. The summed E-state index contributed by atoms with van der Waals surface area (Å²) in [5, 5.41) is 7.64. The van der Waals surface area contributed by atoms with Crippen LogP contribution in [0.1, 0.15) is 37.0 Å². The van der Waals surface area contributed by atoms with Crippen molar-refractivity contribution >= 4 is 31.9 Å². The van der Waals surface area contributed by atoms with Gasteiger partial charge in [-0.25, -0.2) is 17.9 Å². The van der Waals surface area contributed by atoms with E-state index in [2.05, 4.69) is 21.2 Å². The molecule has 0 heterocycles. The fourth-order valence-electron chi connectivity index (χ4n) is 1.83. The Kier molecular flexibility index (Phi) is 6.30. The molecule has 0 unspecified atom stereocenters. The zero-order valence-electron chi connectivity index (χ0n) is 11.8. The topological polar surface area (TPSA) is 89.3 Å². The zero-order valence-corrected chi connectivity index (χ0v) is 14.2. The molecule has 0 saturated heterocycles. The van der Waals surface area contributed by atoms with Crippen LogP contribution >= 0.6 is 15.9 Å². The molecule has 0 atom stereocenters. The summed E-state index contributed by atoms with van der Waals surface area (Å²) in [5.41, 5.74) is 0.0337. The number of hydrogen-bond donors (Lipinski definition) is 2. The van der Waals surface area contributed by atoms with Crippen LogP contribution in [-0.2, 0) is 10.0 Å². The van der Waals surface area contributed by atoms with Crippen molar-refractivity contribution in [3.8, 4) is 0 Å². The first-order valence-electron chi connectivity index (χ1n) is 6.50. The highest BCUT2D eigenvalue weighted by atomic mass is 79.9. The Morgan fingerprint density at radius 1 is 1.38 bits per heavy atom. The van der Waals surface area contributed by atoms with Gasteiger partial charge in [-0.3, -0.25) is 4.79 Å². The van der Waals surface area contributed by atoms with Gasteiger partial charge in [0.1, 0.15) is 10.7 Å². The first-order chi connectivity index (χ1) is 9.70. The normalized spacial score (nSPS) is 11.7. The van der Waals surface area contributed by atoms with Gasteiger partial charge in [0.2, 0.25) is 10.0 Å². The van der Waals surface area contributed by atoms with Gasteiger partial charge < -0.3 is 5.32 Å². The van der Waals surface area contributed by atoms with Crippen molar-refractivity contribution in [3.05, 3.63) is 28.0 Å². The van der Waals surface area contributed by atoms with Crippen LogP contribution in [0.3, 0.4) is 0 Å². The Balaban J connectivity index is 3.05. The molecule has 0 aromatic heterocycles. The number of amides is 1. The summed E-state index contributed by atoms with van der Waals surface area (Å²) in [4.78, 5) is 11.4. The van der Waals surface area contributed by atoms with Crippen LogP contribution in [0, 0.1) is 11.7 Å². The largest absolute Gasteiger partial charge is 0.352 e. The molecule has 1 rings (SSSR count). The zero-order chi connectivity index (χ0) is 16.2. The van der Waals surface area contributed by atoms with Crippen LogP contribution in [0.15, 0.2) is 21.5 Å². The number of carbonyl (C=O) groups is 1. The molecule has 0 fully saturated rings. The monoisotopic (exact) mass is 380 g/mol. The van der Waals surface area contributed by atoms with Gasteiger partial charge in [-0.15, -0.1) is 0 Å². The van der Waals surface area contributed by atoms with Crippen LogP contribution in [0.25, 0.3) is 0 Å². The molecule has 0 aliphatic rings. The number of primary sulfonamides is 1. The average Bonchev–Trinajstić information content (AvgIpc) is 2.38. The predicted octanol–water partition coefficient (Wildman–Crippen LogP) is 2.40. The standard InChI is InChI=1S/C13H18BrFN2O3S/c1-3-8(4-2)7-17-13(18)9-5-12(21(16,19)20)11(15)6-10(9)14/h5-6,8H,3-4,7H2,1-2H3,(H,17,18)(H2,16,19,20). The summed E-state index contributed by atoms with van der Waals surface area (Å²) in [5.74, 6) is -1.13. The van der Waals surface area contributed by atoms with E-state index >= 15 is 0 Å². The van der Waals surface area contributed by atoms with E-state index in [9.17, 15) is 17.6 Å². The van der Waals surface area contributed by atoms with E-state index in [0.29, 0.717) is 12.5 Å². The molecule has 0 radical (unpaired) electrons. The molecule has 1 aromatic carbocycles. The number of benzene rings is 1. The lowest BCUT2D eigenvalue weighted by atomic mass is 10.0. The second-order valence-corrected chi connectivity index (χ2v) is 7.08. The van der Waals surface area contributed by atoms with Gasteiger partial charge in [0.25, 0.3) is 5.91 Å². The van der Waals surface area contributed by atoms with Crippen LogP contribution in [0.2, 0.25) is 0 Å². The molecule has 0 saturated carbocycles. The Bertz CT molecular complexity index is 631. The van der Waals surface area contributed by atoms with Gasteiger partial charge in [-0.1, -0.05) is 26.7 Å². The van der Waals surface area contributed by atoms with Crippen molar-refractivity contribution in [3.63, 3.8) is 0 Å². The Labute approximate surface area is 132 Å². The summed E-state index contributed by atoms with van der Waals surface area (Å²) >= 11 is 3.05. The Morgan fingerprint density at radius 3 is 2.43 bits per heavy atom. The van der Waals surface area contributed by atoms with E-state index < -0.39 is 26.6 Å². The predicted molar refractivity (Wildman–Crippen MR) is 81.9 cm³/mol. The molecule has 0 bridgehead atoms. The van der Waals surface area contributed by atoms with Gasteiger partial charge in [0, 0.05) is 11.0 Å². The van der Waals surface area contributed by atoms with Gasteiger partial charge in [0.15, 0.2) is 0 Å². The van der Waals surface area contributed by atoms with Crippen molar-refractivity contribution in [2.45, 2.75) is 31.6 Å². The number of nitrogens with two attached hydrogens (primary N) is 1. The molecule has 8 heteroatoms. The third-order valence-electron chi connectivity index (χ3n) is 3.28. The van der Waals surface area contributed by atoms with Gasteiger partial charge in [-0.05, 0) is 34.0 Å². The van der Waals surface area contributed by atoms with Crippen molar-refractivity contribution in [2.75, 3.05) is 6.54 Å². The van der Waals surface area contributed by atoms with Crippen LogP contribution in [0.4, 0.5) is 4.39 Å². The number of hydrogen-bond acceptors (Lipinski definition) is 3. The minimum Gasteiger partial charge on any atom is -0.352 e. The smallest absolute Gasteiger partial charge is 0.252 e. The molecule has 1 aromatic rings. The maximum atomic E-state index is 13.6. The van der Waals surface area contributed by atoms with E-state index in [0.717, 1.165) is 25.0 Å². The third kappa shape index (κ3) is 4.76. The van der Waals surface area contributed by atoms with Crippen molar-refractivity contribution in [1.29, 1.82) is 0 Å². The number of carbonyl (C=O) groups excluding carboxylic acids is 1. The fourth-order valence-corrected chi connectivity index (χ4v) is 2.94. The van der Waals surface area contributed by atoms with E-state index in [4.69, 9.17) is 5.14 Å². The molecule has 0 aliphatic heterocycles. The summed E-state index contributed by atoms with van der Waals surface area (Å²) in [7, 11) is -4.22. The first-order valence-corrected chi connectivity index (χ1v) is 8.84. The lowest BCUT2D eigenvalue weighted by molar-refractivity contribution is 0.0945. The highest BCUT2D eigenvalue weighted by molar-refractivity contribution is 9.10. The second kappa shape index (κ2) is 7.33. The molecule has 21 heavy (non-hydrogen) atoms. The van der Waals surface area contributed by atoms with Gasteiger partial charge in [-0.2, -0.15) is 0 Å². The van der Waals surface area contributed by atoms with E-state index in [-0.39, 0.29) is 10.0 Å². The quantitative estimate of drug-likeness (QED) is 0.793. The molecule has 0 aliphatic carbocycles. The maximum absolute atomic E-state index is 13.6. The lowest BCUT2D eigenvalue weighted by Crippen LogP contribution is -2.29. The number of sulfonamides is 1. The summed E-state index contributed by atoms with van der Waals surface area (Å²) in [6.45, 7) is 4.51. The first kappa shape index (κ1) is 18.1. The molecule has 1 amide bonds. The molecular formula is C13H18BrFN2O3S. The lowest BCUT2D eigenvalue weighted by Gasteiger charge is -2.14. The minimum atomic E-state index is -4.22. The van der Waals surface area contributed by atoms with Crippen LogP contribution in [0.5, 0.6) is 0 Å². The average molecular weight is 381 g/mol. The number of halogens is 2. The van der Waals surface area contributed by atoms with Crippen LogP contribution in [-0.4, -0.2) is 20.9 Å². The van der Waals surface area contributed by atoms with Gasteiger partial charge >= 0.3 is 0 Å². The molecular weight excluding hydrogens is 363 g/mol. The summed E-state index contributed by atoms with van der Waals surface area (Å²) < 4.78 is 36.3. The van der Waals surface area contributed by atoms with E-state index in [1.807, 2.05) is 13.8 Å². The molecule has 5 nitrogen and oxygen atoms in total. The van der Waals surface area contributed by atoms with Crippen LogP contribution < -0.4 is 10.5 Å². The molecule has 0 spiro atoms. The van der Waals surface area contributed by atoms with E-state index in [1.54, 1.807) is 0 Å². The number of nitrogens with one attached hydrogen (secondary N) is 1.